The van der Waals surface area contributed by atoms with E-state index < -0.39 is 0 Å². The van der Waals surface area contributed by atoms with Gasteiger partial charge in [0.2, 0.25) is 0 Å². The van der Waals surface area contributed by atoms with Crippen LogP contribution in [0.25, 0.3) is 0 Å². The highest BCUT2D eigenvalue weighted by atomic mass is 15.1. The van der Waals surface area contributed by atoms with Gasteiger partial charge >= 0.3 is 0 Å². The zero-order chi connectivity index (χ0) is 15.3. The normalized spacial score (nSPS) is 12.0. The van der Waals surface area contributed by atoms with Crippen LogP contribution in [0, 0.1) is 0 Å². The fourth-order valence-electron chi connectivity index (χ4n) is 2.45. The van der Waals surface area contributed by atoms with Gasteiger partial charge in [-0.05, 0) is 46.1 Å². The maximum absolute atomic E-state index is 4.26. The summed E-state index contributed by atoms with van der Waals surface area (Å²) in [6.45, 7) is 9.77. The van der Waals surface area contributed by atoms with Crippen LogP contribution in [0.2, 0.25) is 0 Å². The van der Waals surface area contributed by atoms with Gasteiger partial charge in [-0.15, -0.1) is 0 Å². The third-order valence-electron chi connectivity index (χ3n) is 3.93. The van der Waals surface area contributed by atoms with Crippen LogP contribution in [0.4, 0.5) is 0 Å². The number of benzene rings is 1. The third-order valence-corrected chi connectivity index (χ3v) is 3.93. The summed E-state index contributed by atoms with van der Waals surface area (Å²) in [5.41, 5.74) is 2.76. The van der Waals surface area contributed by atoms with E-state index in [2.05, 4.69) is 72.9 Å². The Morgan fingerprint density at radius 1 is 1.19 bits per heavy atom. The highest BCUT2D eigenvalue weighted by molar-refractivity contribution is 5.15. The summed E-state index contributed by atoms with van der Waals surface area (Å²) in [7, 11) is 0. The van der Waals surface area contributed by atoms with Crippen molar-refractivity contribution in [3.05, 3.63) is 54.1 Å². The molecule has 0 unspecified atom stereocenters. The highest BCUT2D eigenvalue weighted by Crippen LogP contribution is 2.15. The standard InChI is InChI=1S/C18H27N3/c1-15(2)21-14-19-12-17(21)13-20-18(3,4)11-10-16-8-6-5-7-9-16/h5-9,12,14-15,20H,10-11,13H2,1-4H3. The second kappa shape index (κ2) is 6.90. The predicted molar refractivity (Wildman–Crippen MR) is 88.3 cm³/mol. The van der Waals surface area contributed by atoms with Crippen LogP contribution in [0.3, 0.4) is 0 Å². The Morgan fingerprint density at radius 3 is 2.57 bits per heavy atom. The smallest absolute Gasteiger partial charge is 0.0951 e. The van der Waals surface area contributed by atoms with Crippen LogP contribution >= 0.6 is 0 Å². The average molecular weight is 285 g/mol. The molecule has 21 heavy (non-hydrogen) atoms. The van der Waals surface area contributed by atoms with E-state index in [4.69, 9.17) is 0 Å². The van der Waals surface area contributed by atoms with Crippen molar-refractivity contribution < 1.29 is 0 Å². The minimum atomic E-state index is 0.113. The van der Waals surface area contributed by atoms with Gasteiger partial charge in [0.05, 0.1) is 12.0 Å². The number of imidazole rings is 1. The van der Waals surface area contributed by atoms with E-state index in [9.17, 15) is 0 Å². The summed E-state index contributed by atoms with van der Waals surface area (Å²) in [6, 6.07) is 11.1. The largest absolute Gasteiger partial charge is 0.331 e. The molecule has 0 saturated carbocycles. The van der Waals surface area contributed by atoms with E-state index in [0.29, 0.717) is 6.04 Å². The summed E-state index contributed by atoms with van der Waals surface area (Å²) < 4.78 is 2.22. The first-order valence-corrected chi connectivity index (χ1v) is 7.77. The van der Waals surface area contributed by atoms with Gasteiger partial charge in [-0.2, -0.15) is 0 Å². The number of rotatable bonds is 7. The van der Waals surface area contributed by atoms with Crippen LogP contribution in [0.15, 0.2) is 42.9 Å². The Hall–Kier alpha value is -1.61. The lowest BCUT2D eigenvalue weighted by molar-refractivity contribution is 0.353. The lowest BCUT2D eigenvalue weighted by atomic mass is 9.95. The quantitative estimate of drug-likeness (QED) is 0.834. The van der Waals surface area contributed by atoms with Crippen molar-refractivity contribution in [2.45, 2.75) is 58.7 Å². The molecule has 1 N–H and O–H groups in total. The van der Waals surface area contributed by atoms with Gasteiger partial charge in [-0.25, -0.2) is 4.98 Å². The fraction of sp³-hybridized carbons (Fsp3) is 0.500. The maximum Gasteiger partial charge on any atom is 0.0951 e. The molecule has 1 aromatic heterocycles. The van der Waals surface area contributed by atoms with Crippen LogP contribution in [0.1, 0.15) is 51.4 Å². The molecule has 0 saturated heterocycles. The lowest BCUT2D eigenvalue weighted by Crippen LogP contribution is -2.39. The van der Waals surface area contributed by atoms with E-state index in [1.807, 2.05) is 12.5 Å². The fourth-order valence-corrected chi connectivity index (χ4v) is 2.45. The second-order valence-corrected chi connectivity index (χ2v) is 6.61. The van der Waals surface area contributed by atoms with E-state index in [0.717, 1.165) is 19.4 Å². The molecular weight excluding hydrogens is 258 g/mol. The van der Waals surface area contributed by atoms with Crippen molar-refractivity contribution >= 4 is 0 Å². The molecule has 0 amide bonds. The molecule has 2 rings (SSSR count). The highest BCUT2D eigenvalue weighted by Gasteiger charge is 2.17. The summed E-state index contributed by atoms with van der Waals surface area (Å²) in [4.78, 5) is 4.26. The molecule has 0 aliphatic heterocycles. The molecule has 1 aromatic carbocycles. The number of hydrogen-bond donors (Lipinski definition) is 1. The zero-order valence-electron chi connectivity index (χ0n) is 13.6. The molecular formula is C18H27N3. The second-order valence-electron chi connectivity index (χ2n) is 6.61. The Morgan fingerprint density at radius 2 is 1.90 bits per heavy atom. The molecule has 0 aliphatic rings. The van der Waals surface area contributed by atoms with Gasteiger partial charge in [0.25, 0.3) is 0 Å². The molecule has 0 aliphatic carbocycles. The van der Waals surface area contributed by atoms with Gasteiger partial charge < -0.3 is 9.88 Å². The SMILES string of the molecule is CC(C)n1cncc1CNC(C)(C)CCc1ccccc1. The summed E-state index contributed by atoms with van der Waals surface area (Å²) in [5, 5.41) is 3.67. The maximum atomic E-state index is 4.26. The number of aromatic nitrogens is 2. The molecule has 0 fully saturated rings. The third kappa shape index (κ3) is 4.71. The van der Waals surface area contributed by atoms with E-state index in [1.54, 1.807) is 0 Å². The van der Waals surface area contributed by atoms with Gasteiger partial charge in [-0.3, -0.25) is 0 Å². The number of nitrogens with one attached hydrogen (secondary N) is 1. The first kappa shape index (κ1) is 15.8. The lowest BCUT2D eigenvalue weighted by Gasteiger charge is -2.27. The summed E-state index contributed by atoms with van der Waals surface area (Å²) in [6.07, 6.45) is 6.09. The molecule has 3 nitrogen and oxygen atoms in total. The van der Waals surface area contributed by atoms with E-state index >= 15 is 0 Å². The van der Waals surface area contributed by atoms with Gasteiger partial charge in [-0.1, -0.05) is 30.3 Å². The van der Waals surface area contributed by atoms with Crippen molar-refractivity contribution in [1.82, 2.24) is 14.9 Å². The van der Waals surface area contributed by atoms with Gasteiger partial charge in [0.15, 0.2) is 0 Å². The Kier molecular flexibility index (Phi) is 5.18. The topological polar surface area (TPSA) is 29.9 Å². The van der Waals surface area contributed by atoms with Crippen molar-refractivity contribution in [1.29, 1.82) is 0 Å². The van der Waals surface area contributed by atoms with Crippen LogP contribution < -0.4 is 5.32 Å². The van der Waals surface area contributed by atoms with Crippen LogP contribution in [-0.4, -0.2) is 15.1 Å². The number of aryl methyl sites for hydroxylation is 1. The minimum Gasteiger partial charge on any atom is -0.331 e. The predicted octanol–water partition coefficient (Wildman–Crippen LogP) is 3.97. The summed E-state index contributed by atoms with van der Waals surface area (Å²) in [5.74, 6) is 0. The number of hydrogen-bond acceptors (Lipinski definition) is 2. The van der Waals surface area contributed by atoms with Gasteiger partial charge in [0, 0.05) is 24.3 Å². The summed E-state index contributed by atoms with van der Waals surface area (Å²) >= 11 is 0. The zero-order valence-corrected chi connectivity index (χ0v) is 13.6. The Bertz CT molecular complexity index is 541. The molecule has 2 aromatic rings. The van der Waals surface area contributed by atoms with Gasteiger partial charge in [0.1, 0.15) is 0 Å². The number of nitrogens with zero attached hydrogens (tertiary/aromatic N) is 2. The first-order valence-electron chi connectivity index (χ1n) is 7.77. The molecule has 0 bridgehead atoms. The Labute approximate surface area is 128 Å². The minimum absolute atomic E-state index is 0.113. The first-order chi connectivity index (χ1) is 9.98. The van der Waals surface area contributed by atoms with Crippen molar-refractivity contribution in [2.75, 3.05) is 0 Å². The molecule has 3 heteroatoms. The van der Waals surface area contributed by atoms with Crippen molar-refractivity contribution in [2.24, 2.45) is 0 Å². The molecule has 1 heterocycles. The molecule has 0 radical (unpaired) electrons. The monoisotopic (exact) mass is 285 g/mol. The van der Waals surface area contributed by atoms with Crippen molar-refractivity contribution in [3.8, 4) is 0 Å². The van der Waals surface area contributed by atoms with Crippen molar-refractivity contribution in [3.63, 3.8) is 0 Å². The van der Waals surface area contributed by atoms with E-state index in [-0.39, 0.29) is 5.54 Å². The molecule has 0 atom stereocenters. The molecule has 0 spiro atoms. The van der Waals surface area contributed by atoms with Crippen LogP contribution in [0.5, 0.6) is 0 Å². The van der Waals surface area contributed by atoms with Crippen LogP contribution in [-0.2, 0) is 13.0 Å². The average Bonchev–Trinajstić information content (AvgIpc) is 2.93. The molecule has 114 valence electrons. The van der Waals surface area contributed by atoms with E-state index in [1.165, 1.54) is 11.3 Å². The Balaban J connectivity index is 1.87.